The summed E-state index contributed by atoms with van der Waals surface area (Å²) in [6.07, 6.45) is 1.79. The maximum absolute atomic E-state index is 6.01. The third-order valence-electron chi connectivity index (χ3n) is 3.45. The number of nitrogens with two attached hydrogens (primary N) is 1. The molecule has 1 fully saturated rings. The van der Waals surface area contributed by atoms with Crippen LogP contribution in [-0.4, -0.2) is 34.3 Å². The van der Waals surface area contributed by atoms with Gasteiger partial charge in [0.2, 0.25) is 5.95 Å². The fraction of sp³-hybridized carbons (Fsp3) is 0.750. The molecule has 2 atom stereocenters. The number of rotatable bonds is 3. The van der Waals surface area contributed by atoms with Gasteiger partial charge in [0.25, 0.3) is 0 Å². The summed E-state index contributed by atoms with van der Waals surface area (Å²) in [6.45, 7) is 8.11. The summed E-state index contributed by atoms with van der Waals surface area (Å²) in [4.78, 5) is 6.75. The Morgan fingerprint density at radius 3 is 2.41 bits per heavy atom. The topological polar surface area (TPSA) is 67.9 Å². The predicted octanol–water partition coefficient (Wildman–Crippen LogP) is 0.780. The van der Waals surface area contributed by atoms with Crippen molar-refractivity contribution >= 4 is 5.95 Å². The van der Waals surface area contributed by atoms with Crippen LogP contribution < -0.4 is 10.6 Å². The molecular weight excluding hydrogens is 214 g/mol. The lowest BCUT2D eigenvalue weighted by molar-refractivity contribution is 0.565. The van der Waals surface area contributed by atoms with Crippen LogP contribution in [0.3, 0.4) is 0 Å². The Kier molecular flexibility index (Phi) is 3.57. The van der Waals surface area contributed by atoms with E-state index in [0.717, 1.165) is 43.3 Å². The standard InChI is InChI=1S/C12H21N5/c1-4-10-11(5-2)15-16-12(14-10)17-6-8(3)9(13)7-17/h8-9H,4-7,13H2,1-3H3. The van der Waals surface area contributed by atoms with Crippen LogP contribution in [0, 0.1) is 5.92 Å². The molecule has 0 spiro atoms. The van der Waals surface area contributed by atoms with E-state index in [2.05, 4.69) is 40.9 Å². The average molecular weight is 235 g/mol. The number of hydrogen-bond donors (Lipinski definition) is 1. The monoisotopic (exact) mass is 235 g/mol. The van der Waals surface area contributed by atoms with Gasteiger partial charge in [0, 0.05) is 19.1 Å². The van der Waals surface area contributed by atoms with Gasteiger partial charge in [-0.15, -0.1) is 5.10 Å². The van der Waals surface area contributed by atoms with Gasteiger partial charge >= 0.3 is 0 Å². The van der Waals surface area contributed by atoms with Crippen molar-refractivity contribution in [2.75, 3.05) is 18.0 Å². The minimum absolute atomic E-state index is 0.217. The van der Waals surface area contributed by atoms with Crippen LogP contribution in [0.2, 0.25) is 0 Å². The van der Waals surface area contributed by atoms with Gasteiger partial charge in [-0.25, -0.2) is 4.98 Å². The molecule has 5 nitrogen and oxygen atoms in total. The average Bonchev–Trinajstić information content (AvgIpc) is 2.68. The fourth-order valence-corrected chi connectivity index (χ4v) is 2.22. The van der Waals surface area contributed by atoms with E-state index >= 15 is 0 Å². The molecule has 1 aliphatic heterocycles. The van der Waals surface area contributed by atoms with Crippen LogP contribution in [0.4, 0.5) is 5.95 Å². The van der Waals surface area contributed by atoms with E-state index in [0.29, 0.717) is 5.92 Å². The van der Waals surface area contributed by atoms with E-state index in [9.17, 15) is 0 Å². The molecule has 0 aromatic carbocycles. The van der Waals surface area contributed by atoms with Gasteiger partial charge < -0.3 is 10.6 Å². The molecule has 5 heteroatoms. The van der Waals surface area contributed by atoms with Crippen molar-refractivity contribution in [3.05, 3.63) is 11.4 Å². The van der Waals surface area contributed by atoms with E-state index in [1.807, 2.05) is 0 Å². The Balaban J connectivity index is 2.22. The lowest BCUT2D eigenvalue weighted by atomic mass is 10.1. The first-order valence-corrected chi connectivity index (χ1v) is 6.38. The number of aryl methyl sites for hydroxylation is 2. The van der Waals surface area contributed by atoms with Crippen LogP contribution in [0.25, 0.3) is 0 Å². The van der Waals surface area contributed by atoms with Crippen molar-refractivity contribution in [1.29, 1.82) is 0 Å². The minimum Gasteiger partial charge on any atom is -0.338 e. The van der Waals surface area contributed by atoms with Gasteiger partial charge in [0.1, 0.15) is 0 Å². The normalized spacial score (nSPS) is 24.4. The van der Waals surface area contributed by atoms with E-state index in [4.69, 9.17) is 5.73 Å². The van der Waals surface area contributed by atoms with Crippen molar-refractivity contribution in [3.63, 3.8) is 0 Å². The molecule has 0 saturated carbocycles. The molecule has 94 valence electrons. The van der Waals surface area contributed by atoms with E-state index < -0.39 is 0 Å². The van der Waals surface area contributed by atoms with Gasteiger partial charge in [-0.3, -0.25) is 0 Å². The molecule has 1 saturated heterocycles. The summed E-state index contributed by atoms with van der Waals surface area (Å²) >= 11 is 0. The zero-order valence-corrected chi connectivity index (χ0v) is 10.8. The summed E-state index contributed by atoms with van der Waals surface area (Å²) < 4.78 is 0. The first kappa shape index (κ1) is 12.2. The predicted molar refractivity (Wildman–Crippen MR) is 67.9 cm³/mol. The number of hydrogen-bond acceptors (Lipinski definition) is 5. The molecule has 0 aliphatic carbocycles. The van der Waals surface area contributed by atoms with Crippen molar-refractivity contribution in [3.8, 4) is 0 Å². The van der Waals surface area contributed by atoms with E-state index in [-0.39, 0.29) is 6.04 Å². The second kappa shape index (κ2) is 4.96. The third-order valence-corrected chi connectivity index (χ3v) is 3.45. The molecular formula is C12H21N5. The lowest BCUT2D eigenvalue weighted by Crippen LogP contribution is -2.29. The molecule has 0 bridgehead atoms. The van der Waals surface area contributed by atoms with Crippen molar-refractivity contribution in [1.82, 2.24) is 15.2 Å². The molecule has 2 unspecified atom stereocenters. The Morgan fingerprint density at radius 1 is 1.18 bits per heavy atom. The van der Waals surface area contributed by atoms with Crippen LogP contribution in [0.5, 0.6) is 0 Å². The second-order valence-corrected chi connectivity index (χ2v) is 4.76. The molecule has 2 rings (SSSR count). The highest BCUT2D eigenvalue weighted by atomic mass is 15.3. The van der Waals surface area contributed by atoms with Crippen molar-refractivity contribution in [2.45, 2.75) is 39.7 Å². The van der Waals surface area contributed by atoms with E-state index in [1.54, 1.807) is 0 Å². The van der Waals surface area contributed by atoms with Crippen LogP contribution in [-0.2, 0) is 12.8 Å². The van der Waals surface area contributed by atoms with Crippen molar-refractivity contribution in [2.24, 2.45) is 11.7 Å². The largest absolute Gasteiger partial charge is 0.338 e. The van der Waals surface area contributed by atoms with Crippen LogP contribution in [0.15, 0.2) is 0 Å². The van der Waals surface area contributed by atoms with Crippen molar-refractivity contribution < 1.29 is 0 Å². The first-order valence-electron chi connectivity index (χ1n) is 6.38. The highest BCUT2D eigenvalue weighted by molar-refractivity contribution is 5.33. The molecule has 0 amide bonds. The SMILES string of the molecule is CCc1nnc(N2CC(C)C(N)C2)nc1CC. The molecule has 2 N–H and O–H groups in total. The zero-order chi connectivity index (χ0) is 12.4. The second-order valence-electron chi connectivity index (χ2n) is 4.76. The minimum atomic E-state index is 0.217. The lowest BCUT2D eigenvalue weighted by Gasteiger charge is -2.16. The van der Waals surface area contributed by atoms with Gasteiger partial charge in [-0.05, 0) is 18.8 Å². The van der Waals surface area contributed by atoms with E-state index in [1.165, 1.54) is 0 Å². The quantitative estimate of drug-likeness (QED) is 0.838. The number of nitrogens with zero attached hydrogens (tertiary/aromatic N) is 4. The fourth-order valence-electron chi connectivity index (χ4n) is 2.22. The molecule has 1 aromatic rings. The third kappa shape index (κ3) is 2.39. The molecule has 0 radical (unpaired) electrons. The summed E-state index contributed by atoms with van der Waals surface area (Å²) in [6, 6.07) is 0.217. The summed E-state index contributed by atoms with van der Waals surface area (Å²) in [7, 11) is 0. The molecule has 2 heterocycles. The molecule has 1 aromatic heterocycles. The highest BCUT2D eigenvalue weighted by Crippen LogP contribution is 2.19. The number of anilines is 1. The van der Waals surface area contributed by atoms with Crippen LogP contribution >= 0.6 is 0 Å². The molecule has 1 aliphatic rings. The Labute approximate surface area is 102 Å². The highest BCUT2D eigenvalue weighted by Gasteiger charge is 2.28. The Hall–Kier alpha value is -1.23. The van der Waals surface area contributed by atoms with Gasteiger partial charge in [-0.1, -0.05) is 20.8 Å². The smallest absolute Gasteiger partial charge is 0.245 e. The summed E-state index contributed by atoms with van der Waals surface area (Å²) in [5.41, 5.74) is 8.08. The zero-order valence-electron chi connectivity index (χ0n) is 10.8. The Morgan fingerprint density at radius 2 is 1.88 bits per heavy atom. The summed E-state index contributed by atoms with van der Waals surface area (Å²) in [5.74, 6) is 1.23. The number of aromatic nitrogens is 3. The van der Waals surface area contributed by atoms with Crippen LogP contribution in [0.1, 0.15) is 32.2 Å². The summed E-state index contributed by atoms with van der Waals surface area (Å²) in [5, 5.41) is 8.49. The maximum Gasteiger partial charge on any atom is 0.245 e. The maximum atomic E-state index is 6.01. The van der Waals surface area contributed by atoms with Gasteiger partial charge in [0.05, 0.1) is 11.4 Å². The Bertz CT molecular complexity index is 382. The van der Waals surface area contributed by atoms with Gasteiger partial charge in [0.15, 0.2) is 0 Å². The van der Waals surface area contributed by atoms with Gasteiger partial charge in [-0.2, -0.15) is 5.10 Å². The molecule has 17 heavy (non-hydrogen) atoms. The first-order chi connectivity index (χ1) is 8.15.